The number of rotatable bonds is 4. The normalized spacial score (nSPS) is 18.5. The Hall–Kier alpha value is -0.910. The number of aromatic nitrogens is 2. The van der Waals surface area contributed by atoms with E-state index in [1.807, 2.05) is 0 Å². The van der Waals surface area contributed by atoms with Crippen molar-refractivity contribution >= 4 is 16.3 Å². The van der Waals surface area contributed by atoms with Gasteiger partial charge in [0.15, 0.2) is 4.96 Å². The van der Waals surface area contributed by atoms with Crippen molar-refractivity contribution in [3.63, 3.8) is 0 Å². The Morgan fingerprint density at radius 3 is 2.84 bits per heavy atom. The molecule has 4 nitrogen and oxygen atoms in total. The van der Waals surface area contributed by atoms with Crippen molar-refractivity contribution in [2.45, 2.75) is 51.6 Å². The van der Waals surface area contributed by atoms with Crippen LogP contribution in [0.4, 0.5) is 0 Å². The first-order chi connectivity index (χ1) is 9.13. The van der Waals surface area contributed by atoms with Crippen molar-refractivity contribution < 1.29 is 5.11 Å². The summed E-state index contributed by atoms with van der Waals surface area (Å²) in [7, 11) is 0. The van der Waals surface area contributed by atoms with Gasteiger partial charge in [0.1, 0.15) is 0 Å². The number of fused-ring (bicyclic) bond motifs is 1. The number of aliphatic hydroxyl groups excluding tert-OH is 1. The smallest absolute Gasteiger partial charge is 0.194 e. The van der Waals surface area contributed by atoms with E-state index in [4.69, 9.17) is 0 Å². The molecule has 1 aliphatic carbocycles. The predicted molar refractivity (Wildman–Crippen MR) is 77.7 cm³/mol. The van der Waals surface area contributed by atoms with E-state index in [-0.39, 0.29) is 12.1 Å². The van der Waals surface area contributed by atoms with Crippen molar-refractivity contribution in [1.29, 1.82) is 0 Å². The highest BCUT2D eigenvalue weighted by Gasteiger charge is 2.32. The molecule has 0 bridgehead atoms. The van der Waals surface area contributed by atoms with Gasteiger partial charge in [-0.25, -0.2) is 4.98 Å². The van der Waals surface area contributed by atoms with Gasteiger partial charge in [0.05, 0.1) is 18.0 Å². The number of aryl methyl sites for hydroxylation is 2. The molecule has 3 rings (SSSR count). The summed E-state index contributed by atoms with van der Waals surface area (Å²) in [5, 5.41) is 13.2. The first kappa shape index (κ1) is 13.1. The highest BCUT2D eigenvalue weighted by atomic mass is 32.1. The Kier molecular flexibility index (Phi) is 3.37. The molecule has 1 fully saturated rings. The van der Waals surface area contributed by atoms with Crippen LogP contribution in [-0.2, 0) is 6.54 Å². The van der Waals surface area contributed by atoms with Gasteiger partial charge in [-0.3, -0.25) is 4.40 Å². The van der Waals surface area contributed by atoms with E-state index < -0.39 is 0 Å². The predicted octanol–water partition coefficient (Wildman–Crippen LogP) is 2.41. The molecule has 0 unspecified atom stereocenters. The van der Waals surface area contributed by atoms with Gasteiger partial charge in [0.25, 0.3) is 0 Å². The quantitative estimate of drug-likeness (QED) is 0.903. The lowest BCUT2D eigenvalue weighted by Gasteiger charge is -2.28. The van der Waals surface area contributed by atoms with Crippen molar-refractivity contribution in [3.8, 4) is 0 Å². The highest BCUT2D eigenvalue weighted by Crippen LogP contribution is 2.30. The Labute approximate surface area is 117 Å². The molecule has 0 spiro atoms. The summed E-state index contributed by atoms with van der Waals surface area (Å²) in [6.45, 7) is 5.19. The molecule has 19 heavy (non-hydrogen) atoms. The number of imidazole rings is 1. The minimum absolute atomic E-state index is 0.0678. The molecule has 5 heteroatoms. The molecular formula is C14H21N3OS. The largest absolute Gasteiger partial charge is 0.394 e. The van der Waals surface area contributed by atoms with Gasteiger partial charge in [-0.2, -0.15) is 0 Å². The minimum atomic E-state index is -0.0678. The Bertz CT molecular complexity index is 581. The second kappa shape index (κ2) is 4.89. The van der Waals surface area contributed by atoms with Crippen LogP contribution in [0.3, 0.4) is 0 Å². The van der Waals surface area contributed by atoms with Gasteiger partial charge in [0.2, 0.25) is 0 Å². The van der Waals surface area contributed by atoms with Gasteiger partial charge in [-0.15, -0.1) is 11.3 Å². The van der Waals surface area contributed by atoms with Crippen LogP contribution >= 0.6 is 11.3 Å². The van der Waals surface area contributed by atoms with E-state index in [9.17, 15) is 5.11 Å². The first-order valence-corrected chi connectivity index (χ1v) is 7.75. The Balaban J connectivity index is 1.82. The number of thiazole rings is 1. The molecule has 1 saturated carbocycles. The average molecular weight is 279 g/mol. The third-order valence-corrected chi connectivity index (χ3v) is 5.13. The number of nitrogens with one attached hydrogen (secondary N) is 1. The van der Waals surface area contributed by atoms with Crippen LogP contribution < -0.4 is 5.32 Å². The van der Waals surface area contributed by atoms with Crippen molar-refractivity contribution in [2.24, 2.45) is 0 Å². The van der Waals surface area contributed by atoms with Crippen molar-refractivity contribution in [2.75, 3.05) is 6.61 Å². The molecule has 0 aliphatic heterocycles. The number of aliphatic hydroxyl groups is 1. The SMILES string of the molecule is Cc1cn2c(CNC3(CO)CCCC3)c(C)nc2s1. The molecular weight excluding hydrogens is 258 g/mol. The van der Waals surface area contributed by atoms with Gasteiger partial charge in [0, 0.05) is 23.2 Å². The maximum Gasteiger partial charge on any atom is 0.194 e. The topological polar surface area (TPSA) is 49.6 Å². The summed E-state index contributed by atoms with van der Waals surface area (Å²) in [5.74, 6) is 0. The van der Waals surface area contributed by atoms with Crippen molar-refractivity contribution in [3.05, 3.63) is 22.5 Å². The molecule has 0 radical (unpaired) electrons. The van der Waals surface area contributed by atoms with Crippen LogP contribution in [-0.4, -0.2) is 26.6 Å². The summed E-state index contributed by atoms with van der Waals surface area (Å²) in [6.07, 6.45) is 6.73. The highest BCUT2D eigenvalue weighted by molar-refractivity contribution is 7.17. The maximum atomic E-state index is 9.65. The van der Waals surface area contributed by atoms with E-state index in [0.29, 0.717) is 0 Å². The zero-order valence-corrected chi connectivity index (χ0v) is 12.4. The van der Waals surface area contributed by atoms with Crippen molar-refractivity contribution in [1.82, 2.24) is 14.7 Å². The fourth-order valence-corrected chi connectivity index (χ4v) is 3.93. The van der Waals surface area contributed by atoms with Crippen LogP contribution in [0.5, 0.6) is 0 Å². The zero-order chi connectivity index (χ0) is 13.5. The van der Waals surface area contributed by atoms with Gasteiger partial charge < -0.3 is 10.4 Å². The fraction of sp³-hybridized carbons (Fsp3) is 0.643. The molecule has 0 amide bonds. The average Bonchev–Trinajstić information content (AvgIpc) is 3.03. The lowest BCUT2D eigenvalue weighted by Crippen LogP contribution is -2.45. The molecule has 0 saturated heterocycles. The van der Waals surface area contributed by atoms with E-state index in [0.717, 1.165) is 30.0 Å². The van der Waals surface area contributed by atoms with E-state index in [2.05, 4.69) is 34.7 Å². The number of hydrogen-bond donors (Lipinski definition) is 2. The molecule has 2 N–H and O–H groups in total. The van der Waals surface area contributed by atoms with Crippen LogP contribution in [0, 0.1) is 13.8 Å². The molecule has 2 aromatic heterocycles. The molecule has 0 aromatic carbocycles. The lowest BCUT2D eigenvalue weighted by atomic mass is 9.99. The monoisotopic (exact) mass is 279 g/mol. The molecule has 2 heterocycles. The minimum Gasteiger partial charge on any atom is -0.394 e. The Morgan fingerprint density at radius 2 is 2.16 bits per heavy atom. The molecule has 0 atom stereocenters. The van der Waals surface area contributed by atoms with Crippen LogP contribution in [0.25, 0.3) is 4.96 Å². The standard InChI is InChI=1S/C14H21N3OS/c1-10-8-17-12(11(2)16-13(17)19-10)7-15-14(9-18)5-3-4-6-14/h8,15,18H,3-7,9H2,1-2H3. The lowest BCUT2D eigenvalue weighted by molar-refractivity contribution is 0.162. The van der Waals surface area contributed by atoms with Crippen LogP contribution in [0.2, 0.25) is 0 Å². The van der Waals surface area contributed by atoms with Gasteiger partial charge >= 0.3 is 0 Å². The van der Waals surface area contributed by atoms with E-state index >= 15 is 0 Å². The maximum absolute atomic E-state index is 9.65. The van der Waals surface area contributed by atoms with Gasteiger partial charge in [-0.1, -0.05) is 12.8 Å². The van der Waals surface area contributed by atoms with Crippen LogP contribution in [0.15, 0.2) is 6.20 Å². The molecule has 104 valence electrons. The van der Waals surface area contributed by atoms with Gasteiger partial charge in [-0.05, 0) is 26.7 Å². The summed E-state index contributed by atoms with van der Waals surface area (Å²) in [6, 6.07) is 0. The summed E-state index contributed by atoms with van der Waals surface area (Å²) < 4.78 is 2.18. The second-order valence-electron chi connectivity index (χ2n) is 5.64. The third kappa shape index (κ3) is 2.30. The second-order valence-corrected chi connectivity index (χ2v) is 6.85. The summed E-state index contributed by atoms with van der Waals surface area (Å²) >= 11 is 1.72. The van der Waals surface area contributed by atoms with E-state index in [1.54, 1.807) is 11.3 Å². The summed E-state index contributed by atoms with van der Waals surface area (Å²) in [4.78, 5) is 6.95. The number of hydrogen-bond acceptors (Lipinski definition) is 4. The fourth-order valence-electron chi connectivity index (χ4n) is 3.04. The number of nitrogens with zero attached hydrogens (tertiary/aromatic N) is 2. The molecule has 1 aliphatic rings. The zero-order valence-electron chi connectivity index (χ0n) is 11.6. The summed E-state index contributed by atoms with van der Waals surface area (Å²) in [5.41, 5.74) is 2.24. The van der Waals surface area contributed by atoms with E-state index in [1.165, 1.54) is 23.4 Å². The Morgan fingerprint density at radius 1 is 1.42 bits per heavy atom. The first-order valence-electron chi connectivity index (χ1n) is 6.93. The van der Waals surface area contributed by atoms with Crippen LogP contribution in [0.1, 0.15) is 41.9 Å². The third-order valence-electron chi connectivity index (χ3n) is 4.24. The molecule has 2 aromatic rings.